The fourth-order valence-electron chi connectivity index (χ4n) is 1.42. The first-order valence-electron chi connectivity index (χ1n) is 5.05. The average Bonchev–Trinajstić information content (AvgIpc) is 2.28. The number of carbonyl (C=O) groups is 1. The lowest BCUT2D eigenvalue weighted by molar-refractivity contribution is 0.0994. The lowest BCUT2D eigenvalue weighted by Crippen LogP contribution is -2.14. The molecule has 1 heterocycles. The molecule has 18 heavy (non-hydrogen) atoms. The van der Waals surface area contributed by atoms with Gasteiger partial charge >= 0.3 is 0 Å². The Labute approximate surface area is 102 Å². The van der Waals surface area contributed by atoms with E-state index in [1.807, 2.05) is 0 Å². The highest BCUT2D eigenvalue weighted by atomic mass is 19.1. The summed E-state index contributed by atoms with van der Waals surface area (Å²) in [6, 6.07) is 6.99. The summed E-state index contributed by atoms with van der Waals surface area (Å²) in [4.78, 5) is 15.0. The van der Waals surface area contributed by atoms with Gasteiger partial charge in [-0.15, -0.1) is 0 Å². The van der Waals surface area contributed by atoms with Gasteiger partial charge in [-0.3, -0.25) is 4.79 Å². The van der Waals surface area contributed by atoms with Crippen molar-refractivity contribution in [3.05, 3.63) is 47.9 Å². The standard InChI is InChI=1S/C12H10FN3O2/c13-8-2-1-3-9(11(8)12(15)17)18-10-6-7(14)4-5-16-10/h1-6H,(H2,14,16)(H2,15,17). The fraction of sp³-hybridized carbons (Fsp3) is 0. The molecule has 0 saturated carbocycles. The third-order valence-electron chi connectivity index (χ3n) is 2.20. The summed E-state index contributed by atoms with van der Waals surface area (Å²) < 4.78 is 18.8. The number of aromatic nitrogens is 1. The van der Waals surface area contributed by atoms with Crippen LogP contribution in [0.1, 0.15) is 10.4 Å². The maximum Gasteiger partial charge on any atom is 0.255 e. The van der Waals surface area contributed by atoms with Crippen LogP contribution in [0.15, 0.2) is 36.5 Å². The van der Waals surface area contributed by atoms with Crippen molar-refractivity contribution >= 4 is 11.6 Å². The third kappa shape index (κ3) is 2.37. The van der Waals surface area contributed by atoms with E-state index in [9.17, 15) is 9.18 Å². The maximum absolute atomic E-state index is 13.5. The van der Waals surface area contributed by atoms with Crippen molar-refractivity contribution in [2.24, 2.45) is 5.73 Å². The van der Waals surface area contributed by atoms with E-state index >= 15 is 0 Å². The summed E-state index contributed by atoms with van der Waals surface area (Å²) in [5.74, 6) is -1.50. The zero-order valence-electron chi connectivity index (χ0n) is 9.26. The molecule has 0 unspecified atom stereocenters. The van der Waals surface area contributed by atoms with Crippen molar-refractivity contribution in [3.8, 4) is 11.6 Å². The molecule has 0 saturated heterocycles. The number of nitrogens with zero attached hydrogens (tertiary/aromatic N) is 1. The van der Waals surface area contributed by atoms with E-state index in [0.717, 1.165) is 6.07 Å². The summed E-state index contributed by atoms with van der Waals surface area (Å²) in [6.07, 6.45) is 1.44. The third-order valence-corrected chi connectivity index (χ3v) is 2.20. The Bertz CT molecular complexity index is 602. The van der Waals surface area contributed by atoms with E-state index in [4.69, 9.17) is 16.2 Å². The van der Waals surface area contributed by atoms with Crippen molar-refractivity contribution in [1.29, 1.82) is 0 Å². The SMILES string of the molecule is NC(=O)c1c(F)cccc1Oc1cc(N)ccn1. The molecule has 0 aliphatic heterocycles. The number of amides is 1. The van der Waals surface area contributed by atoms with Gasteiger partial charge in [-0.25, -0.2) is 9.37 Å². The normalized spacial score (nSPS) is 10.1. The first kappa shape index (κ1) is 11.8. The molecule has 6 heteroatoms. The van der Waals surface area contributed by atoms with E-state index in [0.29, 0.717) is 5.69 Å². The first-order valence-corrected chi connectivity index (χ1v) is 5.05. The van der Waals surface area contributed by atoms with E-state index in [-0.39, 0.29) is 17.2 Å². The summed E-state index contributed by atoms with van der Waals surface area (Å²) in [7, 11) is 0. The van der Waals surface area contributed by atoms with Gasteiger partial charge in [0.25, 0.3) is 5.91 Å². The largest absolute Gasteiger partial charge is 0.438 e. The number of hydrogen-bond acceptors (Lipinski definition) is 4. The highest BCUT2D eigenvalue weighted by Gasteiger charge is 2.15. The molecular formula is C12H10FN3O2. The number of carbonyl (C=O) groups excluding carboxylic acids is 1. The average molecular weight is 247 g/mol. The molecule has 4 N–H and O–H groups in total. The van der Waals surface area contributed by atoms with Gasteiger partial charge in [0.2, 0.25) is 5.88 Å². The Hall–Kier alpha value is -2.63. The Kier molecular flexibility index (Phi) is 3.09. The van der Waals surface area contributed by atoms with E-state index in [1.54, 1.807) is 6.07 Å². The van der Waals surface area contributed by atoms with Crippen molar-refractivity contribution in [2.75, 3.05) is 5.73 Å². The molecule has 0 radical (unpaired) electrons. The van der Waals surface area contributed by atoms with Crippen LogP contribution in [0.5, 0.6) is 11.6 Å². The topological polar surface area (TPSA) is 91.2 Å². The highest BCUT2D eigenvalue weighted by Crippen LogP contribution is 2.26. The summed E-state index contributed by atoms with van der Waals surface area (Å²) in [5, 5.41) is 0. The molecule has 2 rings (SSSR count). The molecule has 5 nitrogen and oxygen atoms in total. The molecule has 0 fully saturated rings. The number of benzene rings is 1. The number of anilines is 1. The molecule has 92 valence electrons. The van der Waals surface area contributed by atoms with Crippen LogP contribution >= 0.6 is 0 Å². The molecular weight excluding hydrogens is 237 g/mol. The minimum absolute atomic E-state index is 0.000556. The molecule has 0 atom stereocenters. The number of halogens is 1. The van der Waals surface area contributed by atoms with Crippen LogP contribution in [0.4, 0.5) is 10.1 Å². The monoisotopic (exact) mass is 247 g/mol. The molecule has 1 amide bonds. The van der Waals surface area contributed by atoms with Crippen molar-refractivity contribution < 1.29 is 13.9 Å². The molecule has 0 aliphatic carbocycles. The quantitative estimate of drug-likeness (QED) is 0.863. The van der Waals surface area contributed by atoms with Crippen LogP contribution in [0, 0.1) is 5.82 Å². The highest BCUT2D eigenvalue weighted by molar-refractivity contribution is 5.96. The number of pyridine rings is 1. The predicted octanol–water partition coefficient (Wildman–Crippen LogP) is 1.69. The second kappa shape index (κ2) is 4.70. The van der Waals surface area contributed by atoms with Gasteiger partial charge in [0.15, 0.2) is 0 Å². The Balaban J connectivity index is 2.40. The summed E-state index contributed by atoms with van der Waals surface area (Å²) >= 11 is 0. The fourth-order valence-corrected chi connectivity index (χ4v) is 1.42. The number of hydrogen-bond donors (Lipinski definition) is 2. The van der Waals surface area contributed by atoms with Gasteiger partial charge < -0.3 is 16.2 Å². The van der Waals surface area contributed by atoms with E-state index in [2.05, 4.69) is 4.98 Å². The smallest absolute Gasteiger partial charge is 0.255 e. The van der Waals surface area contributed by atoms with Crippen LogP contribution in [-0.2, 0) is 0 Å². The lowest BCUT2D eigenvalue weighted by Gasteiger charge is -2.09. The van der Waals surface area contributed by atoms with Gasteiger partial charge in [-0.2, -0.15) is 0 Å². The lowest BCUT2D eigenvalue weighted by atomic mass is 10.2. The zero-order valence-corrected chi connectivity index (χ0v) is 9.26. The number of ether oxygens (including phenoxy) is 1. The maximum atomic E-state index is 13.5. The van der Waals surface area contributed by atoms with Crippen molar-refractivity contribution in [1.82, 2.24) is 4.98 Å². The number of primary amides is 1. The second-order valence-electron chi connectivity index (χ2n) is 3.51. The van der Waals surface area contributed by atoms with Gasteiger partial charge in [0, 0.05) is 18.0 Å². The molecule has 0 bridgehead atoms. The van der Waals surface area contributed by atoms with Crippen LogP contribution in [-0.4, -0.2) is 10.9 Å². The summed E-state index contributed by atoms with van der Waals surface area (Å²) in [6.45, 7) is 0. The van der Waals surface area contributed by atoms with Gasteiger partial charge in [-0.05, 0) is 18.2 Å². The first-order chi connectivity index (χ1) is 8.58. The van der Waals surface area contributed by atoms with Crippen molar-refractivity contribution in [3.63, 3.8) is 0 Å². The zero-order chi connectivity index (χ0) is 13.1. The molecule has 1 aromatic heterocycles. The summed E-state index contributed by atoms with van der Waals surface area (Å²) in [5.41, 5.74) is 10.8. The molecule has 1 aromatic carbocycles. The number of nitrogens with two attached hydrogens (primary N) is 2. The number of rotatable bonds is 3. The minimum Gasteiger partial charge on any atom is -0.438 e. The van der Waals surface area contributed by atoms with E-state index < -0.39 is 11.7 Å². The van der Waals surface area contributed by atoms with Crippen LogP contribution in [0.3, 0.4) is 0 Å². The van der Waals surface area contributed by atoms with E-state index in [1.165, 1.54) is 24.4 Å². The Morgan fingerprint density at radius 2 is 2.11 bits per heavy atom. The van der Waals surface area contributed by atoms with Crippen LogP contribution in [0.25, 0.3) is 0 Å². The molecule has 0 spiro atoms. The minimum atomic E-state index is -0.910. The van der Waals surface area contributed by atoms with Gasteiger partial charge in [0.05, 0.1) is 0 Å². The number of nitrogen functional groups attached to an aromatic ring is 1. The van der Waals surface area contributed by atoms with Gasteiger partial charge in [0.1, 0.15) is 17.1 Å². The second-order valence-corrected chi connectivity index (χ2v) is 3.51. The molecule has 2 aromatic rings. The Morgan fingerprint density at radius 3 is 2.78 bits per heavy atom. The van der Waals surface area contributed by atoms with Crippen LogP contribution in [0.2, 0.25) is 0 Å². The molecule has 0 aliphatic rings. The van der Waals surface area contributed by atoms with Gasteiger partial charge in [-0.1, -0.05) is 6.07 Å². The van der Waals surface area contributed by atoms with Crippen LogP contribution < -0.4 is 16.2 Å². The Morgan fingerprint density at radius 1 is 1.33 bits per heavy atom. The predicted molar refractivity (Wildman–Crippen MR) is 63.6 cm³/mol. The van der Waals surface area contributed by atoms with Crippen molar-refractivity contribution in [2.45, 2.75) is 0 Å².